The van der Waals surface area contributed by atoms with Crippen molar-refractivity contribution < 1.29 is 51.2 Å². The summed E-state index contributed by atoms with van der Waals surface area (Å²) in [6, 6.07) is 33.1. The number of hydrogen-bond acceptors (Lipinski definition) is 5. The minimum absolute atomic E-state index is 0. The number of nitrogens with zero attached hydrogens (tertiary/aromatic N) is 2. The number of anilines is 1. The van der Waals surface area contributed by atoms with Crippen molar-refractivity contribution in [3.8, 4) is 16.9 Å². The number of aromatic hydroxyl groups is 1. The Balaban J connectivity index is 0.00000337. The molecule has 0 heterocycles. The zero-order valence-electron chi connectivity index (χ0n) is 25.7. The summed E-state index contributed by atoms with van der Waals surface area (Å²) >= 11 is 0. The summed E-state index contributed by atoms with van der Waals surface area (Å²) in [5.41, 5.74) is 7.79. The maximum absolute atomic E-state index is 12.8. The van der Waals surface area contributed by atoms with Gasteiger partial charge in [-0.1, -0.05) is 85.8 Å². The molecule has 4 aromatic rings. The van der Waals surface area contributed by atoms with Gasteiger partial charge in [-0.15, -0.1) is 0 Å². The molecule has 0 saturated heterocycles. The molecule has 0 unspecified atom stereocenters. The van der Waals surface area contributed by atoms with E-state index in [0.29, 0.717) is 24.2 Å². The van der Waals surface area contributed by atoms with Crippen LogP contribution in [0.1, 0.15) is 30.5 Å². The number of amides is 1. The Morgan fingerprint density at radius 2 is 1.55 bits per heavy atom. The molecule has 223 valence electrons. The second-order valence-electron chi connectivity index (χ2n) is 9.80. The van der Waals surface area contributed by atoms with Crippen molar-refractivity contribution in [1.82, 2.24) is 5.32 Å². The Morgan fingerprint density at radius 3 is 2.25 bits per heavy atom. The topological polar surface area (TPSA) is 86.1 Å². The molecule has 4 aromatic carbocycles. The second-order valence-corrected chi connectivity index (χ2v) is 9.80. The van der Waals surface area contributed by atoms with E-state index in [-0.39, 0.29) is 60.4 Å². The monoisotopic (exact) mass is 711 g/mol. The van der Waals surface area contributed by atoms with Crippen molar-refractivity contribution in [1.29, 1.82) is 0 Å². The summed E-state index contributed by atoms with van der Waals surface area (Å²) in [7, 11) is 1.68. The van der Waals surface area contributed by atoms with Gasteiger partial charge >= 0.3 is 0 Å². The van der Waals surface area contributed by atoms with Crippen LogP contribution < -0.4 is 10.6 Å². The van der Waals surface area contributed by atoms with E-state index in [1.54, 1.807) is 25.4 Å². The SMILES string of the molecule is CN=C[C-]=C(C)N/C(=C\C(C)=NCc1cccc(NC(=O)Cc2ccc(-c3ccccc3)cc2)c1)c1ccccc1O.[CH3-].[Pr]. The number of para-hydroxylation sites is 1. The molecule has 1 amide bonds. The van der Waals surface area contributed by atoms with E-state index in [4.69, 9.17) is 4.99 Å². The summed E-state index contributed by atoms with van der Waals surface area (Å²) in [6.45, 7) is 4.22. The summed E-state index contributed by atoms with van der Waals surface area (Å²) in [5, 5.41) is 16.7. The van der Waals surface area contributed by atoms with Crippen LogP contribution in [-0.4, -0.2) is 30.0 Å². The van der Waals surface area contributed by atoms with Crippen LogP contribution in [0.4, 0.5) is 5.69 Å². The minimum Gasteiger partial charge on any atom is -0.507 e. The van der Waals surface area contributed by atoms with E-state index in [1.807, 2.05) is 98.8 Å². The van der Waals surface area contributed by atoms with E-state index in [1.165, 1.54) is 0 Å². The summed E-state index contributed by atoms with van der Waals surface area (Å²) in [6.07, 6.45) is 6.81. The number of aliphatic imine (C=N–C) groups is 2. The largest absolute Gasteiger partial charge is 0.507 e. The fraction of sp³-hybridized carbons (Fsp3) is 0.135. The quantitative estimate of drug-likeness (QED) is 0.110. The predicted molar refractivity (Wildman–Crippen MR) is 180 cm³/mol. The van der Waals surface area contributed by atoms with Gasteiger partial charge in [-0.25, -0.2) is 0 Å². The molecular formula is C37H38N4O2Pr-2. The molecule has 6 nitrogen and oxygen atoms in total. The number of nitrogens with one attached hydrogen (secondary N) is 2. The van der Waals surface area contributed by atoms with Crippen LogP contribution in [0.3, 0.4) is 0 Å². The average Bonchev–Trinajstić information content (AvgIpc) is 3.00. The Morgan fingerprint density at radius 1 is 0.864 bits per heavy atom. The molecule has 0 aliphatic rings. The predicted octanol–water partition coefficient (Wildman–Crippen LogP) is 7.69. The number of phenolic OH excluding ortho intramolecular Hbond substituents is 1. The number of carbonyl (C=O) groups is 1. The van der Waals surface area contributed by atoms with Crippen molar-refractivity contribution >= 4 is 29.2 Å². The van der Waals surface area contributed by atoms with Gasteiger partial charge < -0.3 is 34.2 Å². The third kappa shape index (κ3) is 11.3. The molecule has 44 heavy (non-hydrogen) atoms. The van der Waals surface area contributed by atoms with E-state index in [0.717, 1.165) is 39.3 Å². The van der Waals surface area contributed by atoms with Crippen molar-refractivity contribution in [2.75, 3.05) is 12.4 Å². The van der Waals surface area contributed by atoms with Crippen LogP contribution in [0.15, 0.2) is 125 Å². The van der Waals surface area contributed by atoms with Gasteiger partial charge in [0.2, 0.25) is 5.91 Å². The first-order valence-corrected chi connectivity index (χ1v) is 13.7. The van der Waals surface area contributed by atoms with Crippen LogP contribution in [0.5, 0.6) is 5.75 Å². The standard InChI is InChI=1S/C36H35N4O2.CH3.Pr/c1-26(20-21-37-3)39-34(33-14-7-8-15-35(33)41)22-27(2)38-25-29-10-9-13-32(23-29)40-36(42)24-28-16-18-31(19-17-28)30-11-5-4-6-12-30;;/h4-19,21-23,39,41H,24-25H2,1-3H3,(H,40,42);1H3;/q2*-1;/b34-22-,37-21?,38-27?;;. The molecule has 4 rings (SSSR count). The van der Waals surface area contributed by atoms with Gasteiger partial charge in [0.15, 0.2) is 0 Å². The summed E-state index contributed by atoms with van der Waals surface area (Å²) in [5.74, 6) is 0.0885. The fourth-order valence-electron chi connectivity index (χ4n) is 4.34. The molecule has 0 saturated carbocycles. The molecule has 0 aliphatic carbocycles. The number of rotatable bonds is 11. The van der Waals surface area contributed by atoms with E-state index in [9.17, 15) is 9.90 Å². The third-order valence-corrected chi connectivity index (χ3v) is 6.43. The van der Waals surface area contributed by atoms with Crippen LogP contribution in [0, 0.1) is 54.8 Å². The summed E-state index contributed by atoms with van der Waals surface area (Å²) < 4.78 is 0. The molecule has 0 bridgehead atoms. The second kappa shape index (κ2) is 18.7. The number of phenols is 1. The smallest absolute Gasteiger partial charge is 0.228 e. The van der Waals surface area contributed by atoms with Gasteiger partial charge in [-0.3, -0.25) is 9.79 Å². The van der Waals surface area contributed by atoms with Crippen molar-refractivity contribution in [3.63, 3.8) is 0 Å². The molecule has 7 heteroatoms. The molecule has 0 atom stereocenters. The van der Waals surface area contributed by atoms with Crippen molar-refractivity contribution in [2.45, 2.75) is 26.8 Å². The van der Waals surface area contributed by atoms with E-state index in [2.05, 4.69) is 33.8 Å². The normalized spacial score (nSPS) is 11.8. The number of allylic oxidation sites excluding steroid dienone is 3. The molecule has 3 N–H and O–H groups in total. The van der Waals surface area contributed by atoms with E-state index < -0.39 is 0 Å². The minimum atomic E-state index is -0.0750. The van der Waals surface area contributed by atoms with Crippen molar-refractivity contribution in [3.05, 3.63) is 145 Å². The molecule has 0 aliphatic heterocycles. The Labute approximate surface area is 294 Å². The van der Waals surface area contributed by atoms with Crippen LogP contribution in [0.25, 0.3) is 16.8 Å². The zero-order valence-corrected chi connectivity index (χ0v) is 29.4. The zero-order chi connectivity index (χ0) is 29.7. The average molecular weight is 712 g/mol. The first-order chi connectivity index (χ1) is 20.4. The first kappa shape index (κ1) is 36.3. The van der Waals surface area contributed by atoms with Crippen LogP contribution >= 0.6 is 0 Å². The number of benzene rings is 4. The third-order valence-electron chi connectivity index (χ3n) is 6.43. The first-order valence-electron chi connectivity index (χ1n) is 13.7. The number of hydrogen-bond donors (Lipinski definition) is 3. The molecule has 0 spiro atoms. The van der Waals surface area contributed by atoms with Gasteiger partial charge in [0.25, 0.3) is 0 Å². The van der Waals surface area contributed by atoms with Gasteiger partial charge in [-0.2, -0.15) is 11.9 Å². The Hall–Kier alpha value is -3.87. The molecule has 0 fully saturated rings. The summed E-state index contributed by atoms with van der Waals surface area (Å²) in [4.78, 5) is 21.4. The van der Waals surface area contributed by atoms with Crippen molar-refractivity contribution in [2.24, 2.45) is 9.98 Å². The maximum atomic E-state index is 12.8. The Kier molecular flexibility index (Phi) is 15.5. The van der Waals surface area contributed by atoms with Gasteiger partial charge in [0.1, 0.15) is 5.75 Å². The molecular weight excluding hydrogens is 673 g/mol. The molecule has 0 aromatic heterocycles. The van der Waals surface area contributed by atoms with Gasteiger partial charge in [0.05, 0.1) is 13.0 Å². The van der Waals surface area contributed by atoms with Gasteiger partial charge in [0, 0.05) is 71.0 Å². The Bertz CT molecular complexity index is 1630. The fourth-order valence-corrected chi connectivity index (χ4v) is 4.34. The van der Waals surface area contributed by atoms with Crippen LogP contribution in [-0.2, 0) is 17.8 Å². The van der Waals surface area contributed by atoms with E-state index >= 15 is 0 Å². The maximum Gasteiger partial charge on any atom is 0.228 e. The molecule has 1 radical (unpaired) electrons. The van der Waals surface area contributed by atoms with Gasteiger partial charge in [-0.05, 0) is 59.5 Å². The number of carbonyl (C=O) groups excluding carboxylic acids is 1. The van der Waals surface area contributed by atoms with Crippen LogP contribution in [0.2, 0.25) is 0 Å².